The highest BCUT2D eigenvalue weighted by molar-refractivity contribution is 5.82. The van der Waals surface area contributed by atoms with Gasteiger partial charge in [0, 0.05) is 30.1 Å². The first kappa shape index (κ1) is 18.0. The minimum Gasteiger partial charge on any atom is -0.336 e. The van der Waals surface area contributed by atoms with Crippen molar-refractivity contribution in [2.45, 2.75) is 71.9 Å². The molecule has 142 valence electrons. The van der Waals surface area contributed by atoms with Gasteiger partial charge in [0.05, 0.1) is 12.1 Å². The molecule has 0 atom stereocenters. The van der Waals surface area contributed by atoms with Gasteiger partial charge in [0.2, 0.25) is 0 Å². The largest absolute Gasteiger partial charge is 0.336 e. The number of nitrogens with zero attached hydrogens (tertiary/aromatic N) is 4. The maximum Gasteiger partial charge on any atom is 0.189 e. The molecule has 27 heavy (non-hydrogen) atoms. The lowest BCUT2D eigenvalue weighted by Crippen LogP contribution is -2.19. The second kappa shape index (κ2) is 7.29. The highest BCUT2D eigenvalue weighted by Crippen LogP contribution is 2.25. The van der Waals surface area contributed by atoms with E-state index in [2.05, 4.69) is 46.2 Å². The molecule has 0 aliphatic carbocycles. The van der Waals surface area contributed by atoms with Gasteiger partial charge in [0.1, 0.15) is 5.82 Å². The van der Waals surface area contributed by atoms with Gasteiger partial charge >= 0.3 is 0 Å². The van der Waals surface area contributed by atoms with E-state index in [1.54, 1.807) is 0 Å². The van der Waals surface area contributed by atoms with Crippen LogP contribution in [0.3, 0.4) is 0 Å². The van der Waals surface area contributed by atoms with Crippen molar-refractivity contribution in [2.24, 2.45) is 0 Å². The third-order valence-corrected chi connectivity index (χ3v) is 5.70. The van der Waals surface area contributed by atoms with E-state index in [1.807, 2.05) is 18.2 Å². The summed E-state index contributed by atoms with van der Waals surface area (Å²) in [7, 11) is 0. The quantitative estimate of drug-likeness (QED) is 0.702. The number of hydrogen-bond donors (Lipinski definition) is 0. The topological polar surface area (TPSA) is 52.7 Å². The molecule has 0 spiro atoms. The van der Waals surface area contributed by atoms with Crippen LogP contribution in [-0.4, -0.2) is 19.3 Å². The summed E-state index contributed by atoms with van der Waals surface area (Å²) in [6, 6.07) is 7.88. The standard InChI is InChI=1S/C22H28N4O/c1-4-16-9-8-10-17-19(27)13-18(15(2)3)26(22(16)17)14-21-24-23-20-11-6-5-7-12-25(20)21/h8-10,13,15H,4-7,11-12,14H2,1-3H3. The minimum absolute atomic E-state index is 0.111. The molecule has 3 aromatic rings. The maximum atomic E-state index is 12.8. The van der Waals surface area contributed by atoms with Gasteiger partial charge in [-0.1, -0.05) is 39.3 Å². The zero-order chi connectivity index (χ0) is 19.0. The molecule has 5 heteroatoms. The van der Waals surface area contributed by atoms with Crippen LogP contribution >= 0.6 is 0 Å². The highest BCUT2D eigenvalue weighted by Gasteiger charge is 2.19. The number of fused-ring (bicyclic) bond motifs is 2. The number of aromatic nitrogens is 4. The Balaban J connectivity index is 1.93. The molecule has 0 saturated heterocycles. The minimum atomic E-state index is 0.111. The molecular formula is C22H28N4O. The van der Waals surface area contributed by atoms with Crippen molar-refractivity contribution < 1.29 is 0 Å². The van der Waals surface area contributed by atoms with Crippen LogP contribution in [0.5, 0.6) is 0 Å². The van der Waals surface area contributed by atoms with Crippen LogP contribution in [0.2, 0.25) is 0 Å². The lowest BCUT2D eigenvalue weighted by Gasteiger charge is -2.21. The zero-order valence-corrected chi connectivity index (χ0v) is 16.5. The van der Waals surface area contributed by atoms with Gasteiger partial charge in [0.25, 0.3) is 0 Å². The Kier molecular flexibility index (Phi) is 4.85. The molecular weight excluding hydrogens is 336 g/mol. The summed E-state index contributed by atoms with van der Waals surface area (Å²) in [6.07, 6.45) is 5.53. The molecule has 0 saturated carbocycles. The van der Waals surface area contributed by atoms with Crippen molar-refractivity contribution in [1.29, 1.82) is 0 Å². The van der Waals surface area contributed by atoms with Crippen molar-refractivity contribution >= 4 is 10.9 Å². The highest BCUT2D eigenvalue weighted by atomic mass is 16.1. The SMILES string of the molecule is CCc1cccc2c(=O)cc(C(C)C)n(Cc3nnc4n3CCCCC4)c12. The summed E-state index contributed by atoms with van der Waals surface area (Å²) < 4.78 is 4.61. The fourth-order valence-corrected chi connectivity index (χ4v) is 4.27. The summed E-state index contributed by atoms with van der Waals surface area (Å²) in [5, 5.41) is 9.80. The molecule has 1 aliphatic rings. The number of hydrogen-bond acceptors (Lipinski definition) is 3. The smallest absolute Gasteiger partial charge is 0.189 e. The lowest BCUT2D eigenvalue weighted by atomic mass is 10.0. The van der Waals surface area contributed by atoms with E-state index in [0.717, 1.165) is 47.6 Å². The second-order valence-electron chi connectivity index (χ2n) is 7.84. The molecule has 0 fully saturated rings. The van der Waals surface area contributed by atoms with Crippen LogP contribution in [0.4, 0.5) is 0 Å². The van der Waals surface area contributed by atoms with Crippen LogP contribution in [0.25, 0.3) is 10.9 Å². The molecule has 0 unspecified atom stereocenters. The molecule has 5 nitrogen and oxygen atoms in total. The second-order valence-corrected chi connectivity index (χ2v) is 7.84. The molecule has 0 bridgehead atoms. The number of pyridine rings is 1. The van der Waals surface area contributed by atoms with Gasteiger partial charge < -0.3 is 9.13 Å². The van der Waals surface area contributed by atoms with Crippen molar-refractivity contribution in [3.63, 3.8) is 0 Å². The zero-order valence-electron chi connectivity index (χ0n) is 16.5. The van der Waals surface area contributed by atoms with Gasteiger partial charge in [-0.3, -0.25) is 4.79 Å². The predicted molar refractivity (Wildman–Crippen MR) is 108 cm³/mol. The van der Waals surface area contributed by atoms with Crippen LogP contribution in [0, 0.1) is 0 Å². The van der Waals surface area contributed by atoms with E-state index in [4.69, 9.17) is 0 Å². The van der Waals surface area contributed by atoms with Gasteiger partial charge in [-0.25, -0.2) is 0 Å². The predicted octanol–water partition coefficient (Wildman–Crippen LogP) is 4.05. The van der Waals surface area contributed by atoms with E-state index >= 15 is 0 Å². The summed E-state index contributed by atoms with van der Waals surface area (Å²) >= 11 is 0. The third-order valence-electron chi connectivity index (χ3n) is 5.70. The Labute approximate surface area is 160 Å². The Morgan fingerprint density at radius 2 is 2.00 bits per heavy atom. The summed E-state index contributed by atoms with van der Waals surface area (Å²) in [5.41, 5.74) is 3.45. The first-order chi connectivity index (χ1) is 13.1. The number of benzene rings is 1. The molecule has 2 aromatic heterocycles. The number of rotatable bonds is 4. The summed E-state index contributed by atoms with van der Waals surface area (Å²) in [6.45, 7) is 8.10. The molecule has 1 aromatic carbocycles. The Bertz CT molecular complexity index is 1030. The van der Waals surface area contributed by atoms with E-state index in [9.17, 15) is 4.79 Å². The van der Waals surface area contributed by atoms with E-state index in [-0.39, 0.29) is 11.3 Å². The average Bonchev–Trinajstić information content (AvgIpc) is 2.88. The summed E-state index contributed by atoms with van der Waals surface area (Å²) in [4.78, 5) is 12.8. The monoisotopic (exact) mass is 364 g/mol. The van der Waals surface area contributed by atoms with Crippen molar-refractivity contribution in [2.75, 3.05) is 0 Å². The molecule has 0 radical (unpaired) electrons. The van der Waals surface area contributed by atoms with Crippen LogP contribution < -0.4 is 5.43 Å². The molecule has 3 heterocycles. The van der Waals surface area contributed by atoms with E-state index < -0.39 is 0 Å². The number of aryl methyl sites for hydroxylation is 2. The van der Waals surface area contributed by atoms with E-state index in [1.165, 1.54) is 24.8 Å². The normalized spacial score (nSPS) is 14.5. The van der Waals surface area contributed by atoms with E-state index in [0.29, 0.717) is 6.54 Å². The van der Waals surface area contributed by atoms with Crippen molar-refractivity contribution in [3.05, 3.63) is 57.4 Å². The number of para-hydroxylation sites is 1. The van der Waals surface area contributed by atoms with Crippen LogP contribution in [0.15, 0.2) is 29.1 Å². The van der Waals surface area contributed by atoms with Gasteiger partial charge in [-0.2, -0.15) is 0 Å². The van der Waals surface area contributed by atoms with Crippen molar-refractivity contribution in [1.82, 2.24) is 19.3 Å². The van der Waals surface area contributed by atoms with Gasteiger partial charge in [0.15, 0.2) is 11.3 Å². The van der Waals surface area contributed by atoms with Gasteiger partial charge in [-0.05, 0) is 36.8 Å². The first-order valence-electron chi connectivity index (χ1n) is 10.2. The fraction of sp³-hybridized carbons (Fsp3) is 0.500. The molecule has 0 N–H and O–H groups in total. The Hall–Kier alpha value is -2.43. The lowest BCUT2D eigenvalue weighted by molar-refractivity contribution is 0.581. The van der Waals surface area contributed by atoms with Crippen molar-refractivity contribution in [3.8, 4) is 0 Å². The fourth-order valence-electron chi connectivity index (χ4n) is 4.27. The maximum absolute atomic E-state index is 12.8. The molecule has 0 amide bonds. The Morgan fingerprint density at radius 3 is 2.78 bits per heavy atom. The average molecular weight is 364 g/mol. The molecule has 4 rings (SSSR count). The Morgan fingerprint density at radius 1 is 1.15 bits per heavy atom. The first-order valence-corrected chi connectivity index (χ1v) is 10.2. The van der Waals surface area contributed by atoms with Crippen LogP contribution in [0.1, 0.15) is 68.9 Å². The molecule has 1 aliphatic heterocycles. The third kappa shape index (κ3) is 3.20. The summed E-state index contributed by atoms with van der Waals surface area (Å²) in [5.74, 6) is 2.37. The van der Waals surface area contributed by atoms with Crippen LogP contribution in [-0.2, 0) is 25.9 Å². The van der Waals surface area contributed by atoms with Gasteiger partial charge in [-0.15, -0.1) is 10.2 Å².